The lowest BCUT2D eigenvalue weighted by atomic mass is 9.93. The average Bonchev–Trinajstić information content (AvgIpc) is 3.49. The van der Waals surface area contributed by atoms with Crippen LogP contribution in [0.25, 0.3) is 16.7 Å². The predicted octanol–water partition coefficient (Wildman–Crippen LogP) is 9.61. The number of pyridine rings is 1. The topological polar surface area (TPSA) is 37.0 Å². The van der Waals surface area contributed by atoms with Crippen molar-refractivity contribution in [3.8, 4) is 0 Å². The molecule has 238 valence electrons. The standard InChI is InChI=1S/C40H51N3S2/c1-28(2)23-30(4)40(20-22-44-7)43-31(5)39-24-34(15-18-35(39)17-14-33-12-10-29(3)11-13-33)16-19-37-25-38(27-42-37)45-32(6)36-9-8-21-41-26-36/h8-13,15-16,18-19,21,24,26,28,37-38,40,42-43H,4-6,14,17,20,22-23,25,27H2,1-3,7H3/b19-16+. The van der Waals surface area contributed by atoms with Crippen molar-refractivity contribution in [2.75, 3.05) is 18.6 Å². The molecule has 2 heterocycles. The molecule has 5 heteroatoms. The van der Waals surface area contributed by atoms with E-state index >= 15 is 0 Å². The molecule has 1 aromatic heterocycles. The molecule has 0 aliphatic carbocycles. The van der Waals surface area contributed by atoms with E-state index in [0.717, 1.165) is 60.6 Å². The van der Waals surface area contributed by atoms with Gasteiger partial charge in [-0.2, -0.15) is 11.8 Å². The number of aromatic nitrogens is 1. The smallest absolute Gasteiger partial charge is 0.0479 e. The number of benzene rings is 2. The van der Waals surface area contributed by atoms with Crippen molar-refractivity contribution in [3.05, 3.63) is 132 Å². The molecule has 0 bridgehead atoms. The fourth-order valence-corrected chi connectivity index (χ4v) is 7.41. The summed E-state index contributed by atoms with van der Waals surface area (Å²) in [5.74, 6) is 1.67. The third kappa shape index (κ3) is 11.1. The molecule has 3 aromatic rings. The van der Waals surface area contributed by atoms with Gasteiger partial charge in [-0.25, -0.2) is 0 Å². The summed E-state index contributed by atoms with van der Waals surface area (Å²) in [4.78, 5) is 5.33. The largest absolute Gasteiger partial charge is 0.379 e. The molecule has 2 aromatic carbocycles. The molecule has 0 spiro atoms. The van der Waals surface area contributed by atoms with Gasteiger partial charge in [0.2, 0.25) is 0 Å². The van der Waals surface area contributed by atoms with E-state index in [-0.39, 0.29) is 6.04 Å². The molecule has 45 heavy (non-hydrogen) atoms. The first kappa shape index (κ1) is 34.9. The molecular weight excluding hydrogens is 587 g/mol. The number of rotatable bonds is 17. The van der Waals surface area contributed by atoms with E-state index in [0.29, 0.717) is 17.2 Å². The maximum atomic E-state index is 4.59. The number of hydrogen-bond donors (Lipinski definition) is 2. The van der Waals surface area contributed by atoms with Crippen LogP contribution in [0.15, 0.2) is 98.4 Å². The summed E-state index contributed by atoms with van der Waals surface area (Å²) in [5.41, 5.74) is 9.76. The molecule has 0 saturated carbocycles. The second-order valence-electron chi connectivity index (χ2n) is 12.6. The van der Waals surface area contributed by atoms with Gasteiger partial charge in [0.15, 0.2) is 0 Å². The van der Waals surface area contributed by atoms with Crippen LogP contribution in [-0.4, -0.2) is 40.9 Å². The molecule has 4 rings (SSSR count). The van der Waals surface area contributed by atoms with Gasteiger partial charge in [0.05, 0.1) is 0 Å². The summed E-state index contributed by atoms with van der Waals surface area (Å²) in [6, 6.07) is 20.4. The van der Waals surface area contributed by atoms with E-state index in [4.69, 9.17) is 0 Å². The van der Waals surface area contributed by atoms with Gasteiger partial charge >= 0.3 is 0 Å². The monoisotopic (exact) mass is 637 g/mol. The van der Waals surface area contributed by atoms with Crippen LogP contribution in [0.2, 0.25) is 0 Å². The molecule has 3 nitrogen and oxygen atoms in total. The van der Waals surface area contributed by atoms with Crippen molar-refractivity contribution in [1.82, 2.24) is 15.6 Å². The maximum Gasteiger partial charge on any atom is 0.0479 e. The Hall–Kier alpha value is -2.99. The second kappa shape index (κ2) is 17.6. The first-order valence-corrected chi connectivity index (χ1v) is 18.5. The number of nitrogens with zero attached hydrogens (tertiary/aromatic N) is 1. The normalized spacial score (nSPS) is 17.1. The lowest BCUT2D eigenvalue weighted by molar-refractivity contribution is 0.566. The van der Waals surface area contributed by atoms with E-state index < -0.39 is 0 Å². The maximum absolute atomic E-state index is 4.59. The Bertz CT molecular complexity index is 1440. The molecule has 1 fully saturated rings. The summed E-state index contributed by atoms with van der Waals surface area (Å²) in [5, 5.41) is 8.01. The second-order valence-corrected chi connectivity index (χ2v) is 15.0. The zero-order valence-corrected chi connectivity index (χ0v) is 29.3. The van der Waals surface area contributed by atoms with Crippen molar-refractivity contribution in [3.63, 3.8) is 0 Å². The third-order valence-corrected chi connectivity index (χ3v) is 10.2. The van der Waals surface area contributed by atoms with E-state index in [1.807, 2.05) is 35.8 Å². The Labute approximate surface area is 281 Å². The molecule has 3 atom stereocenters. The van der Waals surface area contributed by atoms with Crippen LogP contribution in [0.5, 0.6) is 0 Å². The van der Waals surface area contributed by atoms with Gasteiger partial charge in [-0.1, -0.05) is 99.3 Å². The van der Waals surface area contributed by atoms with Gasteiger partial charge in [0.1, 0.15) is 0 Å². The summed E-state index contributed by atoms with van der Waals surface area (Å²) in [6.45, 7) is 21.0. The quantitative estimate of drug-likeness (QED) is 0.144. The van der Waals surface area contributed by atoms with Gasteiger partial charge in [-0.3, -0.25) is 4.98 Å². The van der Waals surface area contributed by atoms with Crippen molar-refractivity contribution in [2.45, 2.75) is 70.2 Å². The molecule has 3 unspecified atom stereocenters. The van der Waals surface area contributed by atoms with Gasteiger partial charge in [0, 0.05) is 58.0 Å². The zero-order valence-electron chi connectivity index (χ0n) is 27.6. The van der Waals surface area contributed by atoms with Crippen LogP contribution in [-0.2, 0) is 12.8 Å². The fourth-order valence-electron chi connectivity index (χ4n) is 5.79. The summed E-state index contributed by atoms with van der Waals surface area (Å²) in [6.07, 6.45) is 15.6. The first-order chi connectivity index (χ1) is 21.7. The number of thioether (sulfide) groups is 2. The highest BCUT2D eigenvalue weighted by atomic mass is 32.2. The summed E-state index contributed by atoms with van der Waals surface area (Å²) < 4.78 is 0. The molecule has 0 amide bonds. The lowest BCUT2D eigenvalue weighted by Crippen LogP contribution is -2.30. The Morgan fingerprint density at radius 1 is 1.09 bits per heavy atom. The Kier molecular flexibility index (Phi) is 13.7. The minimum atomic E-state index is 0.218. The van der Waals surface area contributed by atoms with Crippen LogP contribution >= 0.6 is 23.5 Å². The van der Waals surface area contributed by atoms with Gasteiger partial charge < -0.3 is 10.6 Å². The summed E-state index contributed by atoms with van der Waals surface area (Å²) in [7, 11) is 0. The Balaban J connectivity index is 1.48. The van der Waals surface area contributed by atoms with Gasteiger partial charge in [-0.05, 0) is 85.8 Å². The zero-order chi connectivity index (χ0) is 32.2. The average molecular weight is 638 g/mol. The summed E-state index contributed by atoms with van der Waals surface area (Å²) >= 11 is 3.74. The van der Waals surface area contributed by atoms with E-state index in [1.54, 1.807) is 6.20 Å². The number of aryl methyl sites for hydroxylation is 3. The molecule has 1 aliphatic heterocycles. The Morgan fingerprint density at radius 3 is 2.60 bits per heavy atom. The third-order valence-electron chi connectivity index (χ3n) is 8.32. The van der Waals surface area contributed by atoms with E-state index in [2.05, 4.69) is 123 Å². The predicted molar refractivity (Wildman–Crippen MR) is 203 cm³/mol. The van der Waals surface area contributed by atoms with Gasteiger partial charge in [0.25, 0.3) is 0 Å². The Morgan fingerprint density at radius 2 is 1.89 bits per heavy atom. The SMILES string of the molecule is C=C(SC1CNC(/C=C/c2ccc(CCc3ccc(C)cc3)c(C(=C)NC(CCSC)C(=C)CC(C)C)c2)C1)c1cccnc1. The highest BCUT2D eigenvalue weighted by molar-refractivity contribution is 8.08. The lowest BCUT2D eigenvalue weighted by Gasteiger charge is -2.26. The highest BCUT2D eigenvalue weighted by Crippen LogP contribution is 2.33. The minimum Gasteiger partial charge on any atom is -0.379 e. The molecular formula is C40H51N3S2. The molecule has 1 saturated heterocycles. The van der Waals surface area contributed by atoms with Crippen LogP contribution in [0, 0.1) is 12.8 Å². The van der Waals surface area contributed by atoms with Crippen LogP contribution < -0.4 is 10.6 Å². The van der Waals surface area contributed by atoms with E-state index in [1.165, 1.54) is 33.4 Å². The minimum absolute atomic E-state index is 0.218. The van der Waals surface area contributed by atoms with Crippen LogP contribution in [0.1, 0.15) is 66.5 Å². The van der Waals surface area contributed by atoms with Crippen molar-refractivity contribution >= 4 is 40.2 Å². The van der Waals surface area contributed by atoms with Crippen molar-refractivity contribution in [1.29, 1.82) is 0 Å². The fraction of sp³-hybridized carbons (Fsp3) is 0.375. The van der Waals surface area contributed by atoms with Gasteiger partial charge in [-0.15, -0.1) is 11.8 Å². The van der Waals surface area contributed by atoms with Crippen molar-refractivity contribution in [2.24, 2.45) is 5.92 Å². The van der Waals surface area contributed by atoms with E-state index in [9.17, 15) is 0 Å². The number of hydrogen-bond acceptors (Lipinski definition) is 5. The first-order valence-electron chi connectivity index (χ1n) is 16.2. The molecule has 2 N–H and O–H groups in total. The van der Waals surface area contributed by atoms with Crippen LogP contribution in [0.4, 0.5) is 0 Å². The highest BCUT2D eigenvalue weighted by Gasteiger charge is 2.24. The van der Waals surface area contributed by atoms with Crippen LogP contribution in [0.3, 0.4) is 0 Å². The molecule has 0 radical (unpaired) electrons. The molecule has 1 aliphatic rings. The number of nitrogens with one attached hydrogen (secondary N) is 2. The van der Waals surface area contributed by atoms with Crippen molar-refractivity contribution < 1.29 is 0 Å².